The molecule has 212 valence electrons. The quantitative estimate of drug-likeness (QED) is 0.405. The molecule has 0 bridgehead atoms. The van der Waals surface area contributed by atoms with Crippen LogP contribution in [0.3, 0.4) is 0 Å². The van der Waals surface area contributed by atoms with Crippen molar-refractivity contribution in [1.82, 2.24) is 9.80 Å². The number of halogens is 7. The highest BCUT2D eigenvalue weighted by Gasteiger charge is 2.49. The van der Waals surface area contributed by atoms with Crippen molar-refractivity contribution in [3.05, 3.63) is 64.7 Å². The first-order valence-electron chi connectivity index (χ1n) is 11.8. The number of para-hydroxylation sites is 1. The van der Waals surface area contributed by atoms with E-state index in [1.165, 1.54) is 6.07 Å². The van der Waals surface area contributed by atoms with Gasteiger partial charge in [-0.25, -0.2) is 9.59 Å². The number of rotatable bonds is 4. The van der Waals surface area contributed by atoms with Crippen molar-refractivity contribution in [2.75, 3.05) is 26.2 Å². The highest BCUT2D eigenvalue weighted by molar-refractivity contribution is 6.30. The van der Waals surface area contributed by atoms with Crippen molar-refractivity contribution >= 4 is 23.7 Å². The predicted octanol–water partition coefficient (Wildman–Crippen LogP) is 5.00. The molecule has 2 fully saturated rings. The molecule has 0 aliphatic carbocycles. The third-order valence-corrected chi connectivity index (χ3v) is 7.10. The Hall–Kier alpha value is -3.03. The number of carbonyl (C=O) groups excluding carboxylic acids is 2. The van der Waals surface area contributed by atoms with Gasteiger partial charge in [0, 0.05) is 24.7 Å². The van der Waals surface area contributed by atoms with Crippen LogP contribution >= 0.6 is 11.6 Å². The normalized spacial score (nSPS) is 22.0. The molecule has 7 nitrogen and oxygen atoms in total. The van der Waals surface area contributed by atoms with E-state index in [1.54, 1.807) is 29.2 Å². The van der Waals surface area contributed by atoms with Gasteiger partial charge in [0.1, 0.15) is 11.9 Å². The van der Waals surface area contributed by atoms with Gasteiger partial charge in [0.25, 0.3) is 0 Å². The Labute approximate surface area is 223 Å². The molecule has 2 aliphatic heterocycles. The summed E-state index contributed by atoms with van der Waals surface area (Å²) in [6, 6.07) is 9.65. The molecule has 2 saturated heterocycles. The third-order valence-electron chi connectivity index (χ3n) is 6.85. The molecule has 0 aromatic heterocycles. The lowest BCUT2D eigenvalue weighted by atomic mass is 9.84. The number of benzene rings is 2. The van der Waals surface area contributed by atoms with E-state index in [0.717, 1.165) is 23.1 Å². The SMILES string of the molecule is O=C(Oc1ccccc1C(F)(F)F)N1C[C@H](OC(=O)C(F)(F)F)[C@@H](N2CCC(O)(c3ccc(Cl)cc3)CC2)C1. The second-order valence-corrected chi connectivity index (χ2v) is 9.79. The maximum absolute atomic E-state index is 13.3. The third kappa shape index (κ3) is 6.59. The van der Waals surface area contributed by atoms with Crippen LogP contribution in [0, 0.1) is 0 Å². The van der Waals surface area contributed by atoms with Gasteiger partial charge in [-0.3, -0.25) is 4.90 Å². The van der Waals surface area contributed by atoms with Crippen LogP contribution in [-0.2, 0) is 21.3 Å². The van der Waals surface area contributed by atoms with Gasteiger partial charge >= 0.3 is 24.4 Å². The van der Waals surface area contributed by atoms with E-state index in [2.05, 4.69) is 4.74 Å². The number of piperidine rings is 1. The van der Waals surface area contributed by atoms with Gasteiger partial charge in [0.15, 0.2) is 0 Å². The second kappa shape index (κ2) is 10.9. The van der Waals surface area contributed by atoms with Crippen LogP contribution in [0.4, 0.5) is 31.1 Å². The first-order valence-corrected chi connectivity index (χ1v) is 12.2. The summed E-state index contributed by atoms with van der Waals surface area (Å²) < 4.78 is 88.4. The van der Waals surface area contributed by atoms with Gasteiger partial charge in [-0.15, -0.1) is 0 Å². The van der Waals surface area contributed by atoms with Crippen molar-refractivity contribution in [2.45, 2.75) is 42.9 Å². The van der Waals surface area contributed by atoms with Gasteiger partial charge in [0.2, 0.25) is 0 Å². The van der Waals surface area contributed by atoms with Crippen LogP contribution in [0.15, 0.2) is 48.5 Å². The predicted molar refractivity (Wildman–Crippen MR) is 125 cm³/mol. The first-order chi connectivity index (χ1) is 18.2. The Morgan fingerprint density at radius 2 is 1.56 bits per heavy atom. The average molecular weight is 581 g/mol. The van der Waals surface area contributed by atoms with Crippen LogP contribution < -0.4 is 4.74 Å². The molecule has 1 N–H and O–H groups in total. The Morgan fingerprint density at radius 1 is 0.949 bits per heavy atom. The molecule has 14 heteroatoms. The Balaban J connectivity index is 1.50. The van der Waals surface area contributed by atoms with Gasteiger partial charge in [-0.1, -0.05) is 35.9 Å². The second-order valence-electron chi connectivity index (χ2n) is 9.35. The fourth-order valence-electron chi connectivity index (χ4n) is 4.80. The van der Waals surface area contributed by atoms with Crippen LogP contribution in [0.2, 0.25) is 5.02 Å². The molecule has 2 aliphatic rings. The summed E-state index contributed by atoms with van der Waals surface area (Å²) in [5, 5.41) is 11.6. The molecule has 2 atom stereocenters. The number of nitrogens with zero attached hydrogens (tertiary/aromatic N) is 2. The largest absolute Gasteiger partial charge is 0.490 e. The molecule has 0 saturated carbocycles. The van der Waals surface area contributed by atoms with Crippen molar-refractivity contribution < 1.29 is 50.5 Å². The molecule has 2 aromatic carbocycles. The van der Waals surface area contributed by atoms with E-state index in [-0.39, 0.29) is 32.5 Å². The van der Waals surface area contributed by atoms with E-state index in [1.807, 2.05) is 0 Å². The van der Waals surface area contributed by atoms with E-state index < -0.39 is 60.0 Å². The zero-order chi connectivity index (χ0) is 28.6. The zero-order valence-corrected chi connectivity index (χ0v) is 20.9. The highest BCUT2D eigenvalue weighted by Crippen LogP contribution is 2.38. The molecule has 2 aromatic rings. The Kier molecular flexibility index (Phi) is 8.06. The van der Waals surface area contributed by atoms with E-state index >= 15 is 0 Å². The number of esters is 1. The first kappa shape index (κ1) is 29.0. The minimum Gasteiger partial charge on any atom is -0.452 e. The fourth-order valence-corrected chi connectivity index (χ4v) is 4.93. The summed E-state index contributed by atoms with van der Waals surface area (Å²) in [5.74, 6) is -3.22. The Bertz CT molecular complexity index is 1200. The highest BCUT2D eigenvalue weighted by atomic mass is 35.5. The van der Waals surface area contributed by atoms with Crippen molar-refractivity contribution in [1.29, 1.82) is 0 Å². The smallest absolute Gasteiger partial charge is 0.452 e. The zero-order valence-electron chi connectivity index (χ0n) is 20.1. The Morgan fingerprint density at radius 3 is 2.15 bits per heavy atom. The van der Waals surface area contributed by atoms with Crippen LogP contribution in [0.1, 0.15) is 24.0 Å². The lowest BCUT2D eigenvalue weighted by Crippen LogP contribution is -2.52. The van der Waals surface area contributed by atoms with Crippen molar-refractivity contribution in [3.8, 4) is 5.75 Å². The summed E-state index contributed by atoms with van der Waals surface area (Å²) in [6.07, 6.45) is -12.4. The van der Waals surface area contributed by atoms with Gasteiger partial charge in [-0.2, -0.15) is 26.3 Å². The summed E-state index contributed by atoms with van der Waals surface area (Å²) >= 11 is 5.91. The monoisotopic (exact) mass is 580 g/mol. The van der Waals surface area contributed by atoms with Gasteiger partial charge in [-0.05, 0) is 42.7 Å². The number of amides is 1. The molecule has 1 amide bonds. The van der Waals surface area contributed by atoms with Gasteiger partial charge in [0.05, 0.1) is 23.8 Å². The van der Waals surface area contributed by atoms with Crippen LogP contribution in [0.25, 0.3) is 0 Å². The topological polar surface area (TPSA) is 79.3 Å². The van der Waals surface area contributed by atoms with E-state index in [0.29, 0.717) is 10.6 Å². The average Bonchev–Trinajstić information content (AvgIpc) is 3.28. The summed E-state index contributed by atoms with van der Waals surface area (Å²) in [7, 11) is 0. The number of ether oxygens (including phenoxy) is 2. The summed E-state index contributed by atoms with van der Waals surface area (Å²) in [4.78, 5) is 27.0. The molecule has 2 heterocycles. The van der Waals surface area contributed by atoms with Crippen LogP contribution in [0.5, 0.6) is 5.75 Å². The molecular weight excluding hydrogens is 558 g/mol. The van der Waals surface area contributed by atoms with Crippen molar-refractivity contribution in [2.24, 2.45) is 0 Å². The maximum atomic E-state index is 13.3. The number of aliphatic hydroxyl groups is 1. The summed E-state index contributed by atoms with van der Waals surface area (Å²) in [6.45, 7) is -0.465. The molecule has 0 radical (unpaired) electrons. The summed E-state index contributed by atoms with van der Waals surface area (Å²) in [5.41, 5.74) is -1.84. The molecule has 4 rings (SSSR count). The fraction of sp³-hybridized carbons (Fsp3) is 0.440. The number of hydrogen-bond donors (Lipinski definition) is 1. The lowest BCUT2D eigenvalue weighted by molar-refractivity contribution is -0.206. The lowest BCUT2D eigenvalue weighted by Gasteiger charge is -2.42. The number of hydrogen-bond acceptors (Lipinski definition) is 6. The molecule has 39 heavy (non-hydrogen) atoms. The number of likely N-dealkylation sites (tertiary alicyclic amines) is 2. The molecule has 0 spiro atoms. The van der Waals surface area contributed by atoms with E-state index in [9.17, 15) is 41.0 Å². The number of carbonyl (C=O) groups is 2. The van der Waals surface area contributed by atoms with Gasteiger partial charge < -0.3 is 19.5 Å². The molecular formula is C25H23ClF6N2O5. The van der Waals surface area contributed by atoms with Crippen LogP contribution in [-0.4, -0.2) is 71.5 Å². The standard InChI is InChI=1S/C25H23ClF6N2O5/c26-16-7-5-15(6-8-16)23(37)9-11-33(12-10-23)18-13-34(14-20(18)38-21(35)25(30,31)32)22(36)39-19-4-2-1-3-17(19)24(27,28)29/h1-8,18,20,37H,9-14H2/t18-,20-/m0/s1. The maximum Gasteiger partial charge on any atom is 0.490 e. The van der Waals surface area contributed by atoms with E-state index in [4.69, 9.17) is 16.3 Å². The minimum atomic E-state index is -5.29. The molecule has 0 unspecified atom stereocenters. The minimum absolute atomic E-state index is 0.170. The van der Waals surface area contributed by atoms with Crippen molar-refractivity contribution in [3.63, 3.8) is 0 Å². The number of alkyl halides is 6.